The summed E-state index contributed by atoms with van der Waals surface area (Å²) in [6.45, 7) is 2.86. The van der Waals surface area contributed by atoms with E-state index >= 15 is 0 Å². The van der Waals surface area contributed by atoms with Gasteiger partial charge < -0.3 is 19.4 Å². The molecule has 1 unspecified atom stereocenters. The normalized spacial score (nSPS) is 13.3. The van der Waals surface area contributed by atoms with Crippen molar-refractivity contribution in [3.8, 4) is 0 Å². The molecule has 4 nitrogen and oxygen atoms in total. The first-order chi connectivity index (χ1) is 9.17. The summed E-state index contributed by atoms with van der Waals surface area (Å²) in [5, 5.41) is 4.73. The van der Waals surface area contributed by atoms with E-state index in [1.807, 2.05) is 0 Å². The molecule has 0 aliphatic rings. The molecule has 1 atom stereocenters. The van der Waals surface area contributed by atoms with E-state index in [1.165, 1.54) is 16.5 Å². The number of aryl methyl sites for hydroxylation is 1. The minimum atomic E-state index is -0.227. The van der Waals surface area contributed by atoms with Gasteiger partial charge in [0.05, 0.1) is 6.04 Å². The fraction of sp³-hybridized carbons (Fsp3) is 0.467. The molecular formula is C15H22N2O2. The predicted octanol–water partition coefficient (Wildman–Crippen LogP) is 2.28. The minimum Gasteiger partial charge on any atom is -0.354 e. The molecular weight excluding hydrogens is 240 g/mol. The molecule has 0 bridgehead atoms. The summed E-state index contributed by atoms with van der Waals surface area (Å²) < 4.78 is 12.7. The maximum atomic E-state index is 5.25. The average molecular weight is 262 g/mol. The second-order valence-corrected chi connectivity index (χ2v) is 4.79. The van der Waals surface area contributed by atoms with Gasteiger partial charge in [0.1, 0.15) is 0 Å². The molecule has 0 radical (unpaired) electrons. The van der Waals surface area contributed by atoms with Crippen LogP contribution in [0.5, 0.6) is 0 Å². The van der Waals surface area contributed by atoms with Crippen molar-refractivity contribution in [2.24, 2.45) is 7.05 Å². The van der Waals surface area contributed by atoms with E-state index in [-0.39, 0.29) is 12.3 Å². The summed E-state index contributed by atoms with van der Waals surface area (Å²) in [6, 6.07) is 8.56. The Morgan fingerprint density at radius 2 is 1.89 bits per heavy atom. The van der Waals surface area contributed by atoms with Crippen LogP contribution in [-0.2, 0) is 23.1 Å². The maximum Gasteiger partial charge on any atom is 0.171 e. The summed E-state index contributed by atoms with van der Waals surface area (Å²) in [7, 11) is 5.39. The number of hydrogen-bond acceptors (Lipinski definition) is 3. The average Bonchev–Trinajstić information content (AvgIpc) is 2.75. The number of ether oxygens (including phenoxy) is 2. The second-order valence-electron chi connectivity index (χ2n) is 4.79. The van der Waals surface area contributed by atoms with Crippen molar-refractivity contribution >= 4 is 10.9 Å². The van der Waals surface area contributed by atoms with Gasteiger partial charge in [-0.1, -0.05) is 18.2 Å². The third kappa shape index (κ3) is 2.97. The van der Waals surface area contributed by atoms with Crippen molar-refractivity contribution in [3.63, 3.8) is 0 Å². The zero-order valence-electron chi connectivity index (χ0n) is 12.0. The first-order valence-electron chi connectivity index (χ1n) is 6.49. The zero-order valence-corrected chi connectivity index (χ0v) is 12.0. The molecule has 1 N–H and O–H groups in total. The number of aromatic nitrogens is 1. The summed E-state index contributed by atoms with van der Waals surface area (Å²) in [6.07, 6.45) is 1.94. The van der Waals surface area contributed by atoms with Crippen LogP contribution in [0.3, 0.4) is 0 Å². The molecule has 2 rings (SSSR count). The Kier molecular flexibility index (Phi) is 4.58. The molecule has 1 heterocycles. The van der Waals surface area contributed by atoms with Gasteiger partial charge in [-0.05, 0) is 18.6 Å². The van der Waals surface area contributed by atoms with E-state index in [9.17, 15) is 0 Å². The summed E-state index contributed by atoms with van der Waals surface area (Å²) in [4.78, 5) is 0. The Hall–Kier alpha value is -1.36. The van der Waals surface area contributed by atoms with E-state index in [1.54, 1.807) is 14.2 Å². The molecule has 4 heteroatoms. The number of nitrogens with zero attached hydrogens (tertiary/aromatic N) is 1. The van der Waals surface area contributed by atoms with Crippen LogP contribution in [0.15, 0.2) is 30.5 Å². The highest BCUT2D eigenvalue weighted by molar-refractivity contribution is 5.83. The van der Waals surface area contributed by atoms with Gasteiger partial charge in [-0.15, -0.1) is 0 Å². The van der Waals surface area contributed by atoms with E-state index in [0.29, 0.717) is 0 Å². The summed E-state index contributed by atoms with van der Waals surface area (Å²) in [5.41, 5.74) is 2.54. The Labute approximate surface area is 114 Å². The lowest BCUT2D eigenvalue weighted by atomic mass is 10.1. The smallest absolute Gasteiger partial charge is 0.171 e. The van der Waals surface area contributed by atoms with Crippen LogP contribution in [0.1, 0.15) is 12.5 Å². The molecule has 0 spiro atoms. The topological polar surface area (TPSA) is 35.4 Å². The highest BCUT2D eigenvalue weighted by Gasteiger charge is 2.15. The number of rotatable bonds is 6. The minimum absolute atomic E-state index is 0.133. The van der Waals surface area contributed by atoms with Gasteiger partial charge in [0, 0.05) is 44.9 Å². The Morgan fingerprint density at radius 3 is 2.58 bits per heavy atom. The predicted molar refractivity (Wildman–Crippen MR) is 77.0 cm³/mol. The standard InChI is InChI=1S/C15H22N2O2/c1-11(15(18-3)19-4)16-9-12-10-17(2)14-8-6-5-7-13(12)14/h5-8,10-11,15-16H,9H2,1-4H3. The van der Waals surface area contributed by atoms with Gasteiger partial charge in [-0.25, -0.2) is 0 Å². The molecule has 0 amide bonds. The SMILES string of the molecule is COC(OC)C(C)NCc1cn(C)c2ccccc12. The molecule has 0 saturated carbocycles. The van der Waals surface area contributed by atoms with Crippen molar-refractivity contribution in [2.75, 3.05) is 14.2 Å². The number of methoxy groups -OCH3 is 2. The van der Waals surface area contributed by atoms with Crippen LogP contribution >= 0.6 is 0 Å². The van der Waals surface area contributed by atoms with Crippen molar-refractivity contribution < 1.29 is 9.47 Å². The zero-order chi connectivity index (χ0) is 13.8. The second kappa shape index (κ2) is 6.19. The van der Waals surface area contributed by atoms with Crippen LogP contribution in [0.25, 0.3) is 10.9 Å². The van der Waals surface area contributed by atoms with E-state index in [2.05, 4.69) is 54.3 Å². The van der Waals surface area contributed by atoms with E-state index < -0.39 is 0 Å². The number of hydrogen-bond donors (Lipinski definition) is 1. The molecule has 1 aromatic heterocycles. The van der Waals surface area contributed by atoms with Gasteiger partial charge in [0.15, 0.2) is 6.29 Å². The molecule has 0 fully saturated rings. The third-order valence-electron chi connectivity index (χ3n) is 3.47. The largest absolute Gasteiger partial charge is 0.354 e. The quantitative estimate of drug-likeness (QED) is 0.811. The van der Waals surface area contributed by atoms with Crippen molar-refractivity contribution in [1.29, 1.82) is 0 Å². The first-order valence-corrected chi connectivity index (χ1v) is 6.49. The Balaban J connectivity index is 2.10. The van der Waals surface area contributed by atoms with Crippen molar-refractivity contribution in [1.82, 2.24) is 9.88 Å². The van der Waals surface area contributed by atoms with E-state index in [4.69, 9.17) is 9.47 Å². The molecule has 0 saturated heterocycles. The first kappa shape index (κ1) is 14.1. The maximum absolute atomic E-state index is 5.25. The molecule has 0 aliphatic carbocycles. The number of para-hydroxylation sites is 1. The number of nitrogens with one attached hydrogen (secondary N) is 1. The fourth-order valence-electron chi connectivity index (χ4n) is 2.44. The Morgan fingerprint density at radius 1 is 1.21 bits per heavy atom. The Bertz CT molecular complexity index is 532. The van der Waals surface area contributed by atoms with Crippen molar-refractivity contribution in [2.45, 2.75) is 25.8 Å². The van der Waals surface area contributed by atoms with Crippen LogP contribution in [-0.4, -0.2) is 31.1 Å². The molecule has 19 heavy (non-hydrogen) atoms. The lowest BCUT2D eigenvalue weighted by Gasteiger charge is -2.22. The molecule has 2 aromatic rings. The van der Waals surface area contributed by atoms with Crippen LogP contribution < -0.4 is 5.32 Å². The monoisotopic (exact) mass is 262 g/mol. The van der Waals surface area contributed by atoms with E-state index in [0.717, 1.165) is 6.54 Å². The van der Waals surface area contributed by atoms with Gasteiger partial charge in [-0.2, -0.15) is 0 Å². The fourth-order valence-corrected chi connectivity index (χ4v) is 2.44. The molecule has 0 aliphatic heterocycles. The van der Waals surface area contributed by atoms with Crippen LogP contribution in [0, 0.1) is 0 Å². The molecule has 104 valence electrons. The van der Waals surface area contributed by atoms with Crippen LogP contribution in [0.4, 0.5) is 0 Å². The molecule has 1 aromatic carbocycles. The summed E-state index contributed by atoms with van der Waals surface area (Å²) in [5.74, 6) is 0. The lowest BCUT2D eigenvalue weighted by molar-refractivity contribution is -0.119. The highest BCUT2D eigenvalue weighted by Crippen LogP contribution is 2.20. The highest BCUT2D eigenvalue weighted by atomic mass is 16.7. The summed E-state index contributed by atoms with van der Waals surface area (Å²) >= 11 is 0. The van der Waals surface area contributed by atoms with Crippen LogP contribution in [0.2, 0.25) is 0 Å². The number of benzene rings is 1. The van der Waals surface area contributed by atoms with Gasteiger partial charge in [-0.3, -0.25) is 0 Å². The van der Waals surface area contributed by atoms with Gasteiger partial charge >= 0.3 is 0 Å². The number of fused-ring (bicyclic) bond motifs is 1. The van der Waals surface area contributed by atoms with Gasteiger partial charge in [0.25, 0.3) is 0 Å². The third-order valence-corrected chi connectivity index (χ3v) is 3.47. The van der Waals surface area contributed by atoms with Gasteiger partial charge in [0.2, 0.25) is 0 Å². The van der Waals surface area contributed by atoms with Crippen molar-refractivity contribution in [3.05, 3.63) is 36.0 Å². The lowest BCUT2D eigenvalue weighted by Crippen LogP contribution is -2.39.